The average Bonchev–Trinajstić information content (AvgIpc) is 2.35. The molecule has 1 atom stereocenters. The lowest BCUT2D eigenvalue weighted by molar-refractivity contribution is -0.134. The quantitative estimate of drug-likeness (QED) is 0.684. The van der Waals surface area contributed by atoms with Gasteiger partial charge in [-0.05, 0) is 47.7 Å². The Hall–Kier alpha value is -0.0500. The molecule has 7 heteroatoms. The van der Waals surface area contributed by atoms with Gasteiger partial charge in [0.1, 0.15) is 5.75 Å². The zero-order valence-electron chi connectivity index (χ0n) is 11.1. The zero-order chi connectivity index (χ0) is 13.8. The third-order valence-electron chi connectivity index (χ3n) is 2.92. The van der Waals surface area contributed by atoms with Gasteiger partial charge in [-0.3, -0.25) is 4.79 Å². The van der Waals surface area contributed by atoms with Crippen molar-refractivity contribution in [3.05, 3.63) is 26.2 Å². The molecule has 112 valence electrons. The van der Waals surface area contributed by atoms with Crippen LogP contribution in [0.25, 0.3) is 0 Å². The van der Waals surface area contributed by atoms with Crippen LogP contribution >= 0.6 is 50.9 Å². The number of carbonyl (C=O) groups excluding carboxylic acids is 1. The first-order valence-corrected chi connectivity index (χ1v) is 8.02. The lowest BCUT2D eigenvalue weighted by Crippen LogP contribution is -2.52. The van der Waals surface area contributed by atoms with Gasteiger partial charge in [-0.25, -0.2) is 0 Å². The van der Waals surface area contributed by atoms with E-state index in [-0.39, 0.29) is 24.9 Å². The molecule has 1 heterocycles. The molecule has 0 spiro atoms. The molecule has 1 aliphatic heterocycles. The predicted octanol–water partition coefficient (Wildman–Crippen LogP) is 2.67. The third kappa shape index (κ3) is 5.38. The van der Waals surface area contributed by atoms with Crippen LogP contribution in [0.4, 0.5) is 0 Å². The summed E-state index contributed by atoms with van der Waals surface area (Å²) in [4.78, 5) is 13.9. The summed E-state index contributed by atoms with van der Waals surface area (Å²) in [6, 6.07) is 6.13. The number of nitrogens with one attached hydrogen (secondary N) is 1. The molecule has 0 radical (unpaired) electrons. The number of halogens is 3. The predicted molar refractivity (Wildman–Crippen MR) is 93.6 cm³/mol. The maximum Gasteiger partial charge on any atom is 0.260 e. The highest BCUT2D eigenvalue weighted by molar-refractivity contribution is 14.1. The van der Waals surface area contributed by atoms with Crippen LogP contribution in [0.15, 0.2) is 22.7 Å². The van der Waals surface area contributed by atoms with Crippen LogP contribution in [0.2, 0.25) is 0 Å². The second-order valence-electron chi connectivity index (χ2n) is 4.59. The van der Waals surface area contributed by atoms with E-state index in [9.17, 15) is 4.79 Å². The van der Waals surface area contributed by atoms with Gasteiger partial charge >= 0.3 is 0 Å². The Morgan fingerprint density at radius 1 is 1.55 bits per heavy atom. The molecule has 1 aromatic carbocycles. The molecular formula is C13H17BrClIN2O2. The summed E-state index contributed by atoms with van der Waals surface area (Å²) in [6.45, 7) is 4.53. The van der Waals surface area contributed by atoms with E-state index in [0.717, 1.165) is 33.4 Å². The Balaban J connectivity index is 0.00000200. The molecule has 1 fully saturated rings. The molecule has 1 amide bonds. The molecule has 1 aromatic rings. The lowest BCUT2D eigenvalue weighted by atomic mass is 10.2. The zero-order valence-corrected chi connectivity index (χ0v) is 15.6. The first-order valence-electron chi connectivity index (χ1n) is 6.14. The minimum atomic E-state index is 0. The number of ether oxygens (including phenoxy) is 1. The van der Waals surface area contributed by atoms with Gasteiger partial charge in [0.25, 0.3) is 5.91 Å². The number of hydrogen-bond donors (Lipinski definition) is 1. The summed E-state index contributed by atoms with van der Waals surface area (Å²) in [7, 11) is 0. The van der Waals surface area contributed by atoms with Crippen LogP contribution in [0.5, 0.6) is 5.75 Å². The number of rotatable bonds is 3. The van der Waals surface area contributed by atoms with Crippen LogP contribution < -0.4 is 10.1 Å². The molecule has 0 aliphatic carbocycles. The van der Waals surface area contributed by atoms with Crippen molar-refractivity contribution in [1.29, 1.82) is 0 Å². The maximum atomic E-state index is 12.0. The molecular weight excluding hydrogens is 458 g/mol. The summed E-state index contributed by atoms with van der Waals surface area (Å²) in [5.74, 6) is 0.763. The first-order chi connectivity index (χ1) is 9.04. The highest BCUT2D eigenvalue weighted by Gasteiger charge is 2.20. The van der Waals surface area contributed by atoms with Gasteiger partial charge in [-0.1, -0.05) is 15.9 Å². The van der Waals surface area contributed by atoms with Crippen molar-refractivity contribution in [2.45, 2.75) is 13.0 Å². The van der Waals surface area contributed by atoms with Gasteiger partial charge in [-0.2, -0.15) is 0 Å². The second-order valence-corrected chi connectivity index (χ2v) is 6.75. The smallest absolute Gasteiger partial charge is 0.260 e. The lowest BCUT2D eigenvalue weighted by Gasteiger charge is -2.31. The Bertz CT molecular complexity index is 455. The summed E-state index contributed by atoms with van der Waals surface area (Å²) in [5.41, 5.74) is 0. The van der Waals surface area contributed by atoms with Gasteiger partial charge < -0.3 is 15.0 Å². The minimum Gasteiger partial charge on any atom is -0.484 e. The maximum absolute atomic E-state index is 12.0. The van der Waals surface area contributed by atoms with Crippen molar-refractivity contribution in [3.8, 4) is 5.75 Å². The monoisotopic (exact) mass is 474 g/mol. The Labute approximate surface area is 147 Å². The van der Waals surface area contributed by atoms with E-state index >= 15 is 0 Å². The standard InChI is InChI=1S/C13H16BrIN2O2.ClH/c1-9-7-17(3-2-16-9)13(18)8-19-12-5-10(14)4-11(15)6-12;/h4-6,9,16H,2-3,7-8H2,1H3;1H/t9-;/m0./s1. The van der Waals surface area contributed by atoms with Crippen LogP contribution in [-0.2, 0) is 4.79 Å². The Kier molecular flexibility index (Phi) is 7.57. The van der Waals surface area contributed by atoms with Gasteiger partial charge in [-0.15, -0.1) is 12.4 Å². The highest BCUT2D eigenvalue weighted by atomic mass is 127. The largest absolute Gasteiger partial charge is 0.484 e. The summed E-state index contributed by atoms with van der Waals surface area (Å²) in [6.07, 6.45) is 0. The number of carbonyl (C=O) groups is 1. The molecule has 1 aliphatic rings. The highest BCUT2D eigenvalue weighted by Crippen LogP contribution is 2.22. The molecule has 1 N–H and O–H groups in total. The first kappa shape index (κ1) is 18.0. The SMILES string of the molecule is C[C@H]1CN(C(=O)COc2cc(Br)cc(I)c2)CCN1.Cl. The van der Waals surface area contributed by atoms with Gasteiger partial charge in [0.15, 0.2) is 6.61 Å². The van der Waals surface area contributed by atoms with Gasteiger partial charge in [0.05, 0.1) is 0 Å². The Morgan fingerprint density at radius 3 is 2.95 bits per heavy atom. The second kappa shape index (κ2) is 8.41. The number of benzene rings is 1. The van der Waals surface area contributed by atoms with E-state index in [0.29, 0.717) is 6.04 Å². The van der Waals surface area contributed by atoms with Crippen molar-refractivity contribution in [1.82, 2.24) is 10.2 Å². The molecule has 2 rings (SSSR count). The molecule has 20 heavy (non-hydrogen) atoms. The van der Waals surface area contributed by atoms with E-state index in [1.807, 2.05) is 23.1 Å². The van der Waals surface area contributed by atoms with Crippen LogP contribution in [0, 0.1) is 3.57 Å². The molecule has 0 unspecified atom stereocenters. The molecule has 0 aromatic heterocycles. The fraction of sp³-hybridized carbons (Fsp3) is 0.462. The van der Waals surface area contributed by atoms with Gasteiger partial charge in [0.2, 0.25) is 0 Å². The van der Waals surface area contributed by atoms with Crippen molar-refractivity contribution < 1.29 is 9.53 Å². The fourth-order valence-electron chi connectivity index (χ4n) is 2.01. The number of amides is 1. The topological polar surface area (TPSA) is 41.6 Å². The van der Waals surface area contributed by atoms with Crippen LogP contribution in [-0.4, -0.2) is 43.1 Å². The third-order valence-corrected chi connectivity index (χ3v) is 4.00. The van der Waals surface area contributed by atoms with Crippen LogP contribution in [0.1, 0.15) is 6.92 Å². The minimum absolute atomic E-state index is 0. The van der Waals surface area contributed by atoms with E-state index in [1.54, 1.807) is 0 Å². The molecule has 0 saturated carbocycles. The van der Waals surface area contributed by atoms with Crippen LogP contribution in [0.3, 0.4) is 0 Å². The van der Waals surface area contributed by atoms with Gasteiger partial charge in [0, 0.05) is 33.7 Å². The molecule has 4 nitrogen and oxygen atoms in total. The number of nitrogens with zero attached hydrogens (tertiary/aromatic N) is 1. The Morgan fingerprint density at radius 2 is 2.30 bits per heavy atom. The summed E-state index contributed by atoms with van der Waals surface area (Å²) >= 11 is 5.64. The average molecular weight is 476 g/mol. The number of hydrogen-bond acceptors (Lipinski definition) is 3. The summed E-state index contributed by atoms with van der Waals surface area (Å²) < 4.78 is 7.60. The molecule has 1 saturated heterocycles. The number of piperazine rings is 1. The van der Waals surface area contributed by atoms with Crippen molar-refractivity contribution in [2.24, 2.45) is 0 Å². The normalized spacial score (nSPS) is 18.4. The van der Waals surface area contributed by atoms with E-state index < -0.39 is 0 Å². The van der Waals surface area contributed by atoms with E-state index in [4.69, 9.17) is 4.74 Å². The van der Waals surface area contributed by atoms with Crippen molar-refractivity contribution >= 4 is 56.8 Å². The van der Waals surface area contributed by atoms with Crippen molar-refractivity contribution in [3.63, 3.8) is 0 Å². The van der Waals surface area contributed by atoms with E-state index in [2.05, 4.69) is 50.8 Å². The molecule has 0 bridgehead atoms. The van der Waals surface area contributed by atoms with Crippen molar-refractivity contribution in [2.75, 3.05) is 26.2 Å². The summed E-state index contributed by atoms with van der Waals surface area (Å²) in [5, 5.41) is 3.31. The van der Waals surface area contributed by atoms with E-state index in [1.165, 1.54) is 0 Å². The fourth-order valence-corrected chi connectivity index (χ4v) is 3.55.